The number of hydrogen-bond donors (Lipinski definition) is 1. The van der Waals surface area contributed by atoms with Crippen LogP contribution in [0, 0.1) is 0 Å². The predicted octanol–water partition coefficient (Wildman–Crippen LogP) is 1.78. The van der Waals surface area contributed by atoms with E-state index in [0.717, 1.165) is 12.0 Å². The minimum atomic E-state index is -0.0199. The summed E-state index contributed by atoms with van der Waals surface area (Å²) in [6.07, 6.45) is 4.16. The van der Waals surface area contributed by atoms with Gasteiger partial charge in [0.1, 0.15) is 0 Å². The lowest BCUT2D eigenvalue weighted by Gasteiger charge is -2.14. The van der Waals surface area contributed by atoms with E-state index in [1.165, 1.54) is 0 Å². The Morgan fingerprint density at radius 3 is 2.94 bits per heavy atom. The molecule has 0 heterocycles. The number of carbonyl (C=O) groups is 1. The zero-order valence-electron chi connectivity index (χ0n) is 10.9. The third-order valence-corrected chi connectivity index (χ3v) is 2.55. The van der Waals surface area contributed by atoms with Gasteiger partial charge < -0.3 is 15.4 Å². The van der Waals surface area contributed by atoms with Gasteiger partial charge >= 0.3 is 0 Å². The molecule has 0 unspecified atom stereocenters. The number of nitrogens with zero attached hydrogens (tertiary/aromatic N) is 1. The number of hydrogen-bond acceptors (Lipinski definition) is 3. The molecule has 98 valence electrons. The quantitative estimate of drug-likeness (QED) is 0.474. The standard InChI is InChI=1S/C14H20N2O2/c1-16(9-4-10-18-2)14(17)8-7-12-5-3-6-13(15)11-12/h3,5-8,11H,4,9-10,15H2,1-2H3/b8-7+. The molecule has 1 aromatic rings. The van der Waals surface area contributed by atoms with Crippen molar-refractivity contribution in [1.82, 2.24) is 4.90 Å². The minimum Gasteiger partial charge on any atom is -0.399 e. The van der Waals surface area contributed by atoms with Gasteiger partial charge in [0.2, 0.25) is 5.91 Å². The smallest absolute Gasteiger partial charge is 0.246 e. The van der Waals surface area contributed by atoms with E-state index in [-0.39, 0.29) is 5.91 Å². The van der Waals surface area contributed by atoms with Crippen molar-refractivity contribution in [3.05, 3.63) is 35.9 Å². The summed E-state index contributed by atoms with van der Waals surface area (Å²) < 4.78 is 4.94. The maximum atomic E-state index is 11.8. The molecule has 0 aromatic heterocycles. The second-order valence-electron chi connectivity index (χ2n) is 4.11. The topological polar surface area (TPSA) is 55.6 Å². The van der Waals surface area contributed by atoms with Crippen molar-refractivity contribution >= 4 is 17.7 Å². The molecule has 1 rings (SSSR count). The number of methoxy groups -OCH3 is 1. The van der Waals surface area contributed by atoms with Gasteiger partial charge in [-0.05, 0) is 30.2 Å². The molecule has 0 atom stereocenters. The molecule has 1 aromatic carbocycles. The number of nitrogens with two attached hydrogens (primary N) is 1. The number of benzene rings is 1. The van der Waals surface area contributed by atoms with E-state index in [4.69, 9.17) is 10.5 Å². The summed E-state index contributed by atoms with van der Waals surface area (Å²) in [5.74, 6) is -0.0199. The first-order valence-electron chi connectivity index (χ1n) is 5.91. The third kappa shape index (κ3) is 5.01. The van der Waals surface area contributed by atoms with E-state index in [2.05, 4.69) is 0 Å². The molecule has 0 radical (unpaired) electrons. The molecular weight excluding hydrogens is 228 g/mol. The number of rotatable bonds is 6. The van der Waals surface area contributed by atoms with E-state index < -0.39 is 0 Å². The lowest BCUT2D eigenvalue weighted by Crippen LogP contribution is -2.26. The summed E-state index contributed by atoms with van der Waals surface area (Å²) >= 11 is 0. The SMILES string of the molecule is COCCCN(C)C(=O)/C=C/c1cccc(N)c1. The van der Waals surface area contributed by atoms with Crippen molar-refractivity contribution in [1.29, 1.82) is 0 Å². The average Bonchev–Trinajstić information content (AvgIpc) is 2.36. The molecule has 0 aliphatic heterocycles. The molecule has 0 spiro atoms. The number of nitrogen functional groups attached to an aromatic ring is 1. The van der Waals surface area contributed by atoms with Crippen molar-refractivity contribution in [2.75, 3.05) is 33.0 Å². The van der Waals surface area contributed by atoms with Gasteiger partial charge in [-0.1, -0.05) is 12.1 Å². The van der Waals surface area contributed by atoms with Gasteiger partial charge in [0.05, 0.1) is 0 Å². The van der Waals surface area contributed by atoms with Crippen LogP contribution in [0.15, 0.2) is 30.3 Å². The molecule has 0 saturated heterocycles. The fraction of sp³-hybridized carbons (Fsp3) is 0.357. The Hall–Kier alpha value is -1.81. The van der Waals surface area contributed by atoms with Crippen LogP contribution in [0.4, 0.5) is 5.69 Å². The van der Waals surface area contributed by atoms with Crippen LogP contribution in [0.5, 0.6) is 0 Å². The van der Waals surface area contributed by atoms with Crippen molar-refractivity contribution in [2.24, 2.45) is 0 Å². The average molecular weight is 248 g/mol. The van der Waals surface area contributed by atoms with Crippen LogP contribution in [-0.2, 0) is 9.53 Å². The van der Waals surface area contributed by atoms with Gasteiger partial charge in [0.25, 0.3) is 0 Å². The summed E-state index contributed by atoms with van der Waals surface area (Å²) in [6, 6.07) is 7.41. The predicted molar refractivity (Wildman–Crippen MR) is 74.0 cm³/mol. The van der Waals surface area contributed by atoms with Gasteiger partial charge in [-0.3, -0.25) is 4.79 Å². The summed E-state index contributed by atoms with van der Waals surface area (Å²) in [6.45, 7) is 1.35. The fourth-order valence-corrected chi connectivity index (χ4v) is 1.51. The van der Waals surface area contributed by atoms with Crippen LogP contribution in [0.1, 0.15) is 12.0 Å². The Morgan fingerprint density at radius 2 is 2.28 bits per heavy atom. The Balaban J connectivity index is 2.48. The molecule has 0 saturated carbocycles. The zero-order chi connectivity index (χ0) is 13.4. The van der Waals surface area contributed by atoms with Gasteiger partial charge in [0.15, 0.2) is 0 Å². The summed E-state index contributed by atoms with van der Waals surface area (Å²) in [5.41, 5.74) is 7.28. The van der Waals surface area contributed by atoms with E-state index in [0.29, 0.717) is 18.8 Å². The highest BCUT2D eigenvalue weighted by Crippen LogP contribution is 2.08. The molecule has 18 heavy (non-hydrogen) atoms. The second-order valence-corrected chi connectivity index (χ2v) is 4.11. The normalized spacial score (nSPS) is 10.8. The van der Waals surface area contributed by atoms with Crippen molar-refractivity contribution in [2.45, 2.75) is 6.42 Å². The molecule has 1 amide bonds. The largest absolute Gasteiger partial charge is 0.399 e. The maximum Gasteiger partial charge on any atom is 0.246 e. The Labute approximate surface area is 108 Å². The van der Waals surface area contributed by atoms with Gasteiger partial charge in [-0.2, -0.15) is 0 Å². The number of amides is 1. The summed E-state index contributed by atoms with van der Waals surface area (Å²) in [5, 5.41) is 0. The molecule has 0 aliphatic rings. The molecule has 2 N–H and O–H groups in total. The van der Waals surface area contributed by atoms with E-state index in [1.54, 1.807) is 31.2 Å². The van der Waals surface area contributed by atoms with Crippen LogP contribution >= 0.6 is 0 Å². The van der Waals surface area contributed by atoms with Crippen LogP contribution < -0.4 is 5.73 Å². The Morgan fingerprint density at radius 1 is 1.50 bits per heavy atom. The second kappa shape index (κ2) is 7.50. The Bertz CT molecular complexity index is 416. The molecule has 4 nitrogen and oxygen atoms in total. The number of likely N-dealkylation sites (N-methyl/N-ethyl adjacent to an activating group) is 1. The van der Waals surface area contributed by atoms with Crippen molar-refractivity contribution in [3.8, 4) is 0 Å². The maximum absolute atomic E-state index is 11.8. The molecule has 0 bridgehead atoms. The first-order chi connectivity index (χ1) is 8.63. The van der Waals surface area contributed by atoms with Crippen LogP contribution in [0.3, 0.4) is 0 Å². The lowest BCUT2D eigenvalue weighted by molar-refractivity contribution is -0.124. The number of ether oxygens (including phenoxy) is 1. The highest BCUT2D eigenvalue weighted by atomic mass is 16.5. The monoisotopic (exact) mass is 248 g/mol. The first-order valence-corrected chi connectivity index (χ1v) is 5.91. The van der Waals surface area contributed by atoms with Crippen LogP contribution in [-0.4, -0.2) is 38.1 Å². The number of carbonyl (C=O) groups excluding carboxylic acids is 1. The van der Waals surface area contributed by atoms with Crippen LogP contribution in [0.25, 0.3) is 6.08 Å². The molecule has 0 fully saturated rings. The molecule has 4 heteroatoms. The van der Waals surface area contributed by atoms with Gasteiger partial charge in [-0.15, -0.1) is 0 Å². The van der Waals surface area contributed by atoms with Crippen molar-refractivity contribution in [3.63, 3.8) is 0 Å². The van der Waals surface area contributed by atoms with E-state index in [9.17, 15) is 4.79 Å². The molecule has 0 aliphatic carbocycles. The van der Waals surface area contributed by atoms with E-state index >= 15 is 0 Å². The first kappa shape index (κ1) is 14.3. The van der Waals surface area contributed by atoms with Crippen molar-refractivity contribution < 1.29 is 9.53 Å². The lowest BCUT2D eigenvalue weighted by atomic mass is 10.2. The molecular formula is C14H20N2O2. The summed E-state index contributed by atoms with van der Waals surface area (Å²) in [7, 11) is 3.43. The minimum absolute atomic E-state index is 0.0199. The Kier molecular flexibility index (Phi) is 5.94. The zero-order valence-corrected chi connectivity index (χ0v) is 10.9. The fourth-order valence-electron chi connectivity index (χ4n) is 1.51. The summed E-state index contributed by atoms with van der Waals surface area (Å²) in [4.78, 5) is 13.4. The third-order valence-electron chi connectivity index (χ3n) is 2.55. The van der Waals surface area contributed by atoms with Gasteiger partial charge in [0, 0.05) is 39.1 Å². The number of anilines is 1. The van der Waals surface area contributed by atoms with Gasteiger partial charge in [-0.25, -0.2) is 0 Å². The highest BCUT2D eigenvalue weighted by Gasteiger charge is 2.03. The van der Waals surface area contributed by atoms with E-state index in [1.807, 2.05) is 24.3 Å². The highest BCUT2D eigenvalue weighted by molar-refractivity contribution is 5.91. The van der Waals surface area contributed by atoms with Crippen LogP contribution in [0.2, 0.25) is 0 Å².